The summed E-state index contributed by atoms with van der Waals surface area (Å²) in [5.74, 6) is -0.384. The molecule has 2 amide bonds. The maximum Gasteiger partial charge on any atom is 0.259 e. The Labute approximate surface area is 221 Å². The molecular formula is C27H33N9O2. The largest absolute Gasteiger partial charge is 0.325 e. The molecule has 0 aliphatic carbocycles. The molecule has 2 unspecified atom stereocenters. The molecule has 11 heteroatoms. The zero-order valence-corrected chi connectivity index (χ0v) is 22.2. The van der Waals surface area contributed by atoms with Crippen LogP contribution in [0.5, 0.6) is 0 Å². The van der Waals surface area contributed by atoms with Gasteiger partial charge in [-0.3, -0.25) is 29.1 Å². The third kappa shape index (κ3) is 5.28. The number of likely N-dealkylation sites (tertiary alicyclic amines) is 1. The fraction of sp³-hybridized carbons (Fsp3) is 0.407. The van der Waals surface area contributed by atoms with Crippen LogP contribution in [-0.2, 0) is 11.8 Å². The topological polar surface area (TPSA) is 122 Å². The number of aromatic nitrogens is 6. The molecule has 2 N–H and O–H groups in total. The molecule has 1 fully saturated rings. The van der Waals surface area contributed by atoms with Gasteiger partial charge < -0.3 is 10.6 Å². The highest BCUT2D eigenvalue weighted by Gasteiger charge is 2.31. The number of nitrogens with one attached hydrogen (secondary N) is 2. The van der Waals surface area contributed by atoms with Crippen LogP contribution in [0.1, 0.15) is 55.6 Å². The van der Waals surface area contributed by atoms with E-state index in [-0.39, 0.29) is 17.9 Å². The molecule has 4 aromatic rings. The van der Waals surface area contributed by atoms with Crippen LogP contribution in [0.2, 0.25) is 0 Å². The molecule has 1 aliphatic heterocycles. The van der Waals surface area contributed by atoms with Gasteiger partial charge in [0.25, 0.3) is 5.91 Å². The molecule has 0 spiro atoms. The lowest BCUT2D eigenvalue weighted by molar-refractivity contribution is -0.117. The highest BCUT2D eigenvalue weighted by Crippen LogP contribution is 2.27. The van der Waals surface area contributed by atoms with Crippen molar-refractivity contribution in [2.45, 2.75) is 58.5 Å². The van der Waals surface area contributed by atoms with Crippen molar-refractivity contribution in [1.29, 1.82) is 0 Å². The number of anilines is 2. The van der Waals surface area contributed by atoms with E-state index in [1.165, 1.54) is 6.20 Å². The minimum absolute atomic E-state index is 0.0498. The van der Waals surface area contributed by atoms with Gasteiger partial charge in [0, 0.05) is 37.3 Å². The first kappa shape index (κ1) is 25.5. The molecule has 0 aromatic carbocycles. The molecule has 0 bridgehead atoms. The summed E-state index contributed by atoms with van der Waals surface area (Å²) in [7, 11) is 1.84. The molecule has 0 saturated carbocycles. The van der Waals surface area contributed by atoms with Gasteiger partial charge >= 0.3 is 0 Å². The first-order valence-electron chi connectivity index (χ1n) is 13.0. The van der Waals surface area contributed by atoms with E-state index in [4.69, 9.17) is 0 Å². The number of pyridine rings is 1. The normalized spacial score (nSPS) is 17.7. The Bertz CT molecular complexity index is 1470. The van der Waals surface area contributed by atoms with Gasteiger partial charge in [-0.15, -0.1) is 0 Å². The Hall–Kier alpha value is -4.12. The summed E-state index contributed by atoms with van der Waals surface area (Å²) in [5.41, 5.74) is 4.23. The molecule has 38 heavy (non-hydrogen) atoms. The van der Waals surface area contributed by atoms with E-state index < -0.39 is 0 Å². The minimum atomic E-state index is -0.334. The summed E-state index contributed by atoms with van der Waals surface area (Å²) in [6, 6.07) is 2.50. The fourth-order valence-corrected chi connectivity index (χ4v) is 5.11. The number of amides is 2. The Morgan fingerprint density at radius 1 is 1.05 bits per heavy atom. The maximum atomic E-state index is 13.2. The minimum Gasteiger partial charge on any atom is -0.325 e. The van der Waals surface area contributed by atoms with Crippen LogP contribution in [0.4, 0.5) is 11.4 Å². The van der Waals surface area contributed by atoms with Gasteiger partial charge in [0.1, 0.15) is 0 Å². The number of rotatable bonds is 8. The van der Waals surface area contributed by atoms with E-state index >= 15 is 0 Å². The Morgan fingerprint density at radius 2 is 1.89 bits per heavy atom. The molecule has 1 saturated heterocycles. The Kier molecular flexibility index (Phi) is 7.19. The number of hydrogen-bond donors (Lipinski definition) is 2. The molecule has 4 aromatic heterocycles. The zero-order valence-electron chi connectivity index (χ0n) is 22.2. The van der Waals surface area contributed by atoms with Crippen molar-refractivity contribution in [3.63, 3.8) is 0 Å². The zero-order chi connectivity index (χ0) is 26.8. The first-order chi connectivity index (χ1) is 18.3. The average Bonchev–Trinajstić information content (AvgIpc) is 3.60. The summed E-state index contributed by atoms with van der Waals surface area (Å²) in [6.07, 6.45) is 13.8. The molecule has 5 rings (SSSR count). The summed E-state index contributed by atoms with van der Waals surface area (Å²) in [6.45, 7) is 7.21. The van der Waals surface area contributed by atoms with Gasteiger partial charge in [0.2, 0.25) is 5.91 Å². The van der Waals surface area contributed by atoms with Crippen LogP contribution in [0.25, 0.3) is 16.8 Å². The van der Waals surface area contributed by atoms with Gasteiger partial charge in [0.05, 0.1) is 64.8 Å². The van der Waals surface area contributed by atoms with Crippen LogP contribution < -0.4 is 10.6 Å². The molecule has 1 aliphatic rings. The van der Waals surface area contributed by atoms with Crippen molar-refractivity contribution < 1.29 is 9.59 Å². The van der Waals surface area contributed by atoms with Crippen LogP contribution in [0, 0.1) is 6.92 Å². The summed E-state index contributed by atoms with van der Waals surface area (Å²) >= 11 is 0. The summed E-state index contributed by atoms with van der Waals surface area (Å²) in [5, 5.41) is 14.4. The lowest BCUT2D eigenvalue weighted by atomic mass is 10.1. The second-order valence-corrected chi connectivity index (χ2v) is 9.94. The molecule has 11 nitrogen and oxygen atoms in total. The van der Waals surface area contributed by atoms with E-state index in [0.717, 1.165) is 31.4 Å². The first-order valence-corrected chi connectivity index (χ1v) is 13.0. The van der Waals surface area contributed by atoms with Crippen molar-refractivity contribution in [3.8, 4) is 11.3 Å². The van der Waals surface area contributed by atoms with Crippen molar-refractivity contribution in [2.75, 3.05) is 17.2 Å². The number of nitrogens with zero attached hydrogens (tertiary/aromatic N) is 7. The van der Waals surface area contributed by atoms with Crippen LogP contribution >= 0.6 is 0 Å². The lowest BCUT2D eigenvalue weighted by Crippen LogP contribution is -2.37. The SMILES string of the molecule is CCCN1C(C)CCC1CC(=O)Nc1cnc(C)c(NC(=O)c2cnn3cc(-c4cnn(C)c4)ncc23)c1. The molecule has 2 atom stereocenters. The second-order valence-electron chi connectivity index (χ2n) is 9.94. The van der Waals surface area contributed by atoms with Gasteiger partial charge in [-0.2, -0.15) is 10.2 Å². The fourth-order valence-electron chi connectivity index (χ4n) is 5.11. The third-order valence-corrected chi connectivity index (χ3v) is 7.12. The molecule has 5 heterocycles. The number of aryl methyl sites for hydroxylation is 2. The van der Waals surface area contributed by atoms with E-state index in [1.54, 1.807) is 40.1 Å². The van der Waals surface area contributed by atoms with Gasteiger partial charge in [-0.1, -0.05) is 6.92 Å². The van der Waals surface area contributed by atoms with E-state index in [1.807, 2.05) is 20.2 Å². The van der Waals surface area contributed by atoms with Gasteiger partial charge in [0.15, 0.2) is 0 Å². The summed E-state index contributed by atoms with van der Waals surface area (Å²) < 4.78 is 3.32. The van der Waals surface area contributed by atoms with Crippen molar-refractivity contribution in [1.82, 2.24) is 34.3 Å². The van der Waals surface area contributed by atoms with Crippen LogP contribution in [0.3, 0.4) is 0 Å². The van der Waals surface area contributed by atoms with Crippen molar-refractivity contribution in [2.24, 2.45) is 7.05 Å². The highest BCUT2D eigenvalue weighted by atomic mass is 16.2. The highest BCUT2D eigenvalue weighted by molar-refractivity contribution is 6.09. The van der Waals surface area contributed by atoms with E-state index in [2.05, 4.69) is 49.5 Å². The van der Waals surface area contributed by atoms with E-state index in [9.17, 15) is 9.59 Å². The Morgan fingerprint density at radius 3 is 2.66 bits per heavy atom. The van der Waals surface area contributed by atoms with E-state index in [0.29, 0.717) is 46.3 Å². The van der Waals surface area contributed by atoms with Crippen molar-refractivity contribution >= 4 is 28.7 Å². The monoisotopic (exact) mass is 515 g/mol. The quantitative estimate of drug-likeness (QED) is 0.367. The number of carbonyl (C=O) groups is 2. The standard InChI is InChI=1S/C27H33N9O2/c1-5-8-35-17(2)6-7-21(35)10-26(37)32-20-9-23(18(3)28-12-20)33-27(38)22-13-31-36-16-24(29-14-25(22)36)19-11-30-34(4)15-19/h9,11-17,21H,5-8,10H2,1-4H3,(H,32,37)(H,33,38). The maximum absolute atomic E-state index is 13.2. The summed E-state index contributed by atoms with van der Waals surface area (Å²) in [4.78, 5) is 37.3. The number of fused-ring (bicyclic) bond motifs is 1. The van der Waals surface area contributed by atoms with Gasteiger partial charge in [-0.05, 0) is 45.7 Å². The Balaban J connectivity index is 1.27. The molecular weight excluding hydrogens is 482 g/mol. The average molecular weight is 516 g/mol. The molecule has 198 valence electrons. The van der Waals surface area contributed by atoms with Crippen LogP contribution in [-0.4, -0.2) is 64.7 Å². The number of hydrogen-bond acceptors (Lipinski definition) is 7. The predicted octanol–water partition coefficient (Wildman–Crippen LogP) is 3.68. The lowest BCUT2D eigenvalue weighted by Gasteiger charge is -2.27. The number of carbonyl (C=O) groups excluding carboxylic acids is 2. The van der Waals surface area contributed by atoms with Crippen molar-refractivity contribution in [3.05, 3.63) is 54.5 Å². The molecule has 0 radical (unpaired) electrons. The second kappa shape index (κ2) is 10.7. The smallest absolute Gasteiger partial charge is 0.259 e. The predicted molar refractivity (Wildman–Crippen MR) is 145 cm³/mol. The van der Waals surface area contributed by atoms with Gasteiger partial charge in [-0.25, -0.2) is 4.52 Å². The van der Waals surface area contributed by atoms with Crippen LogP contribution in [0.15, 0.2) is 43.2 Å². The third-order valence-electron chi connectivity index (χ3n) is 7.12.